The number of halogens is 1. The predicted molar refractivity (Wildman–Crippen MR) is 82.4 cm³/mol. The average Bonchev–Trinajstić information content (AvgIpc) is 2.55. The van der Waals surface area contributed by atoms with Gasteiger partial charge >= 0.3 is 0 Å². The van der Waals surface area contributed by atoms with Crippen molar-refractivity contribution in [3.63, 3.8) is 0 Å². The molecule has 3 aromatic rings. The van der Waals surface area contributed by atoms with Crippen molar-refractivity contribution in [2.45, 2.75) is 0 Å². The number of pyridine rings is 1. The lowest BCUT2D eigenvalue weighted by molar-refractivity contribution is 0.385. The van der Waals surface area contributed by atoms with E-state index in [1.807, 2.05) is 48.5 Å². The summed E-state index contributed by atoms with van der Waals surface area (Å²) >= 11 is 5.91. The molecule has 4 rings (SSSR count). The van der Waals surface area contributed by atoms with E-state index in [1.54, 1.807) is 12.5 Å². The molecule has 102 valence electrons. The molecule has 1 aromatic heterocycles. The van der Waals surface area contributed by atoms with Gasteiger partial charge in [0.05, 0.1) is 11.7 Å². The molecular weight excluding hydrogens is 286 g/mol. The van der Waals surface area contributed by atoms with Crippen molar-refractivity contribution in [3.8, 4) is 11.5 Å². The number of fused-ring (bicyclic) bond motifs is 3. The van der Waals surface area contributed by atoms with Crippen LogP contribution in [0.25, 0.3) is 16.7 Å². The maximum Gasteiger partial charge on any atom is 0.188 e. The van der Waals surface area contributed by atoms with Gasteiger partial charge in [-0.15, -0.1) is 0 Å². The Morgan fingerprint density at radius 2 is 1.76 bits per heavy atom. The molecule has 1 aliphatic heterocycles. The van der Waals surface area contributed by atoms with Gasteiger partial charge < -0.3 is 9.47 Å². The van der Waals surface area contributed by atoms with Gasteiger partial charge in [0.1, 0.15) is 6.26 Å². The fourth-order valence-electron chi connectivity index (χ4n) is 2.28. The molecule has 0 radical (unpaired) electrons. The number of ether oxygens (including phenoxy) is 2. The third-order valence-electron chi connectivity index (χ3n) is 3.33. The molecule has 3 nitrogen and oxygen atoms in total. The molecule has 21 heavy (non-hydrogen) atoms. The zero-order chi connectivity index (χ0) is 14.2. The van der Waals surface area contributed by atoms with Crippen molar-refractivity contribution in [2.24, 2.45) is 0 Å². The summed E-state index contributed by atoms with van der Waals surface area (Å²) in [5.41, 5.74) is 1.78. The lowest BCUT2D eigenvalue weighted by Gasteiger charge is -2.19. The highest BCUT2D eigenvalue weighted by atomic mass is 35.5. The van der Waals surface area contributed by atoms with E-state index in [4.69, 9.17) is 21.1 Å². The highest BCUT2D eigenvalue weighted by Gasteiger charge is 2.19. The molecular formula is C17H10ClNO2. The van der Waals surface area contributed by atoms with E-state index in [-0.39, 0.29) is 0 Å². The average molecular weight is 296 g/mol. The third-order valence-corrected chi connectivity index (χ3v) is 3.58. The Kier molecular flexibility index (Phi) is 2.79. The normalized spacial score (nSPS) is 13.1. The maximum atomic E-state index is 6.02. The van der Waals surface area contributed by atoms with E-state index < -0.39 is 0 Å². The van der Waals surface area contributed by atoms with E-state index in [0.29, 0.717) is 22.3 Å². The van der Waals surface area contributed by atoms with E-state index in [9.17, 15) is 0 Å². The van der Waals surface area contributed by atoms with Crippen molar-refractivity contribution < 1.29 is 9.47 Å². The van der Waals surface area contributed by atoms with Gasteiger partial charge in [0.2, 0.25) is 0 Å². The minimum absolute atomic E-state index is 0.617. The molecule has 0 unspecified atom stereocenters. The summed E-state index contributed by atoms with van der Waals surface area (Å²) < 4.78 is 11.7. The topological polar surface area (TPSA) is 31.4 Å². The smallest absolute Gasteiger partial charge is 0.188 e. The fourth-order valence-corrected chi connectivity index (χ4v) is 2.41. The summed E-state index contributed by atoms with van der Waals surface area (Å²) in [5.74, 6) is 1.95. The first-order valence-corrected chi connectivity index (χ1v) is 6.87. The van der Waals surface area contributed by atoms with Gasteiger partial charge in [0.25, 0.3) is 0 Å². The van der Waals surface area contributed by atoms with Crippen LogP contribution in [-0.2, 0) is 0 Å². The number of para-hydroxylation sites is 1. The Morgan fingerprint density at radius 3 is 2.62 bits per heavy atom. The number of rotatable bonds is 1. The van der Waals surface area contributed by atoms with Gasteiger partial charge in [-0.05, 0) is 36.4 Å². The third kappa shape index (κ3) is 2.12. The Labute approximate surface area is 126 Å². The quantitative estimate of drug-likeness (QED) is 0.654. The molecule has 0 amide bonds. The zero-order valence-electron chi connectivity index (χ0n) is 10.9. The Bertz CT molecular complexity index is 856. The highest BCUT2D eigenvalue weighted by Crippen LogP contribution is 2.40. The van der Waals surface area contributed by atoms with Gasteiger partial charge in [-0.3, -0.25) is 4.98 Å². The van der Waals surface area contributed by atoms with Crippen molar-refractivity contribution in [2.75, 3.05) is 0 Å². The van der Waals surface area contributed by atoms with Crippen LogP contribution in [0.5, 0.6) is 11.5 Å². The number of hydrogen-bond donors (Lipinski definition) is 0. The molecule has 0 saturated heterocycles. The Balaban J connectivity index is 1.80. The van der Waals surface area contributed by atoms with Crippen LogP contribution in [0.15, 0.2) is 61.0 Å². The van der Waals surface area contributed by atoms with Crippen LogP contribution in [0, 0.1) is 0 Å². The lowest BCUT2D eigenvalue weighted by atomic mass is 10.1. The second-order valence-electron chi connectivity index (χ2n) is 4.68. The molecule has 2 heterocycles. The van der Waals surface area contributed by atoms with Gasteiger partial charge in [0, 0.05) is 16.0 Å². The Hall–Kier alpha value is -2.52. The fraction of sp³-hybridized carbons (Fsp3) is 0. The van der Waals surface area contributed by atoms with Crippen LogP contribution in [0.3, 0.4) is 0 Å². The van der Waals surface area contributed by atoms with Gasteiger partial charge in [-0.25, -0.2) is 0 Å². The minimum atomic E-state index is 0.617. The molecule has 0 N–H and O–H groups in total. The van der Waals surface area contributed by atoms with Gasteiger partial charge in [-0.2, -0.15) is 0 Å². The predicted octanol–water partition coefficient (Wildman–Crippen LogP) is 4.66. The summed E-state index contributed by atoms with van der Waals surface area (Å²) in [6, 6.07) is 15.2. The Morgan fingerprint density at radius 1 is 0.952 bits per heavy atom. The van der Waals surface area contributed by atoms with Crippen LogP contribution in [0.2, 0.25) is 5.02 Å². The summed E-state index contributed by atoms with van der Waals surface area (Å²) in [6.45, 7) is 0. The van der Waals surface area contributed by atoms with Crippen molar-refractivity contribution in [1.29, 1.82) is 0 Å². The second kappa shape index (κ2) is 4.79. The highest BCUT2D eigenvalue weighted by molar-refractivity contribution is 6.30. The zero-order valence-corrected chi connectivity index (χ0v) is 11.7. The summed E-state index contributed by atoms with van der Waals surface area (Å²) in [7, 11) is 0. The first-order chi connectivity index (χ1) is 10.3. The van der Waals surface area contributed by atoms with Crippen LogP contribution in [0.4, 0.5) is 0 Å². The maximum absolute atomic E-state index is 6.02. The van der Waals surface area contributed by atoms with Crippen LogP contribution >= 0.6 is 11.6 Å². The molecule has 4 heteroatoms. The number of aromatic nitrogens is 1. The van der Waals surface area contributed by atoms with Crippen molar-refractivity contribution in [1.82, 2.24) is 4.98 Å². The molecule has 0 spiro atoms. The standard InChI is InChI=1S/C17H10ClNO2/c18-12-7-5-11(6-8-12)16-10-20-15-9-19-14-4-2-1-3-13(14)17(15)21-16/h1-10H. The van der Waals surface area contributed by atoms with E-state index in [1.165, 1.54) is 0 Å². The molecule has 1 aliphatic rings. The number of nitrogens with zero attached hydrogens (tertiary/aromatic N) is 1. The summed E-state index contributed by atoms with van der Waals surface area (Å²) in [4.78, 5) is 4.35. The van der Waals surface area contributed by atoms with E-state index in [2.05, 4.69) is 4.98 Å². The minimum Gasteiger partial charge on any atom is -0.455 e. The first-order valence-electron chi connectivity index (χ1n) is 6.49. The molecule has 2 aromatic carbocycles. The van der Waals surface area contributed by atoms with Crippen molar-refractivity contribution in [3.05, 3.63) is 71.6 Å². The number of hydrogen-bond acceptors (Lipinski definition) is 3. The summed E-state index contributed by atoms with van der Waals surface area (Å²) in [6.07, 6.45) is 3.26. The molecule has 0 saturated carbocycles. The van der Waals surface area contributed by atoms with E-state index >= 15 is 0 Å². The van der Waals surface area contributed by atoms with Gasteiger partial charge in [-0.1, -0.05) is 23.7 Å². The van der Waals surface area contributed by atoms with E-state index in [0.717, 1.165) is 16.5 Å². The van der Waals surface area contributed by atoms with Crippen LogP contribution in [-0.4, -0.2) is 4.98 Å². The molecule has 0 bridgehead atoms. The van der Waals surface area contributed by atoms with Crippen LogP contribution in [0.1, 0.15) is 5.56 Å². The monoisotopic (exact) mass is 295 g/mol. The molecule has 0 atom stereocenters. The second-order valence-corrected chi connectivity index (χ2v) is 5.11. The largest absolute Gasteiger partial charge is 0.455 e. The van der Waals surface area contributed by atoms with Crippen molar-refractivity contribution >= 4 is 28.3 Å². The molecule has 0 fully saturated rings. The summed E-state index contributed by atoms with van der Waals surface area (Å²) in [5, 5.41) is 1.61. The first kappa shape index (κ1) is 12.2. The van der Waals surface area contributed by atoms with Crippen LogP contribution < -0.4 is 9.47 Å². The molecule has 0 aliphatic carbocycles. The lowest BCUT2D eigenvalue weighted by Crippen LogP contribution is -2.05. The van der Waals surface area contributed by atoms with Gasteiger partial charge in [0.15, 0.2) is 17.3 Å². The number of benzene rings is 2. The SMILES string of the molecule is Clc1ccc(C2=COc3cnc4ccccc4c3O2)cc1.